The Morgan fingerprint density at radius 3 is 2.36 bits per heavy atom. The van der Waals surface area contributed by atoms with E-state index in [-0.39, 0.29) is 18.3 Å². The predicted octanol–water partition coefficient (Wildman–Crippen LogP) is 2.87. The van der Waals surface area contributed by atoms with Crippen molar-refractivity contribution in [1.82, 2.24) is 5.32 Å². The third-order valence-electron chi connectivity index (χ3n) is 3.02. The highest BCUT2D eigenvalue weighted by Gasteiger charge is 2.04. The molecule has 6 heteroatoms. The van der Waals surface area contributed by atoms with Crippen LogP contribution in [0.15, 0.2) is 42.5 Å². The lowest BCUT2D eigenvalue weighted by atomic mass is 10.1. The van der Waals surface area contributed by atoms with Gasteiger partial charge in [0.2, 0.25) is 5.91 Å². The molecule has 0 aliphatic rings. The molecule has 0 heterocycles. The summed E-state index contributed by atoms with van der Waals surface area (Å²) in [5.41, 5.74) is 1.24. The van der Waals surface area contributed by atoms with Gasteiger partial charge in [0.1, 0.15) is 5.82 Å². The molecule has 3 nitrogen and oxygen atoms in total. The van der Waals surface area contributed by atoms with Gasteiger partial charge >= 0.3 is 0 Å². The van der Waals surface area contributed by atoms with Gasteiger partial charge in [-0.1, -0.05) is 12.1 Å². The van der Waals surface area contributed by atoms with E-state index >= 15 is 0 Å². The SMILES string of the molecule is O=C(CNc1ccc(F)c(F)c1)NCCc1ccc(F)cc1. The number of halogens is 3. The van der Waals surface area contributed by atoms with Crippen LogP contribution in [0.3, 0.4) is 0 Å². The minimum atomic E-state index is -0.971. The Morgan fingerprint density at radius 2 is 1.68 bits per heavy atom. The smallest absolute Gasteiger partial charge is 0.239 e. The normalized spacial score (nSPS) is 10.3. The molecule has 116 valence electrons. The molecule has 0 atom stereocenters. The van der Waals surface area contributed by atoms with Crippen molar-refractivity contribution in [2.24, 2.45) is 0 Å². The van der Waals surface area contributed by atoms with Crippen molar-refractivity contribution in [3.8, 4) is 0 Å². The second-order valence-corrected chi connectivity index (χ2v) is 4.71. The summed E-state index contributed by atoms with van der Waals surface area (Å²) in [5.74, 6) is -2.48. The molecule has 0 fully saturated rings. The van der Waals surface area contributed by atoms with Gasteiger partial charge in [-0.2, -0.15) is 0 Å². The number of rotatable bonds is 6. The van der Waals surface area contributed by atoms with Gasteiger partial charge in [0.15, 0.2) is 11.6 Å². The predicted molar refractivity (Wildman–Crippen MR) is 78.0 cm³/mol. The Bertz CT molecular complexity index is 644. The average molecular weight is 308 g/mol. The van der Waals surface area contributed by atoms with Crippen molar-refractivity contribution < 1.29 is 18.0 Å². The summed E-state index contributed by atoms with van der Waals surface area (Å²) < 4.78 is 38.4. The third kappa shape index (κ3) is 4.80. The lowest BCUT2D eigenvalue weighted by Crippen LogP contribution is -2.31. The maximum atomic E-state index is 13.0. The Morgan fingerprint density at radius 1 is 0.955 bits per heavy atom. The zero-order chi connectivity index (χ0) is 15.9. The second-order valence-electron chi connectivity index (χ2n) is 4.71. The number of carbonyl (C=O) groups is 1. The van der Waals surface area contributed by atoms with E-state index in [2.05, 4.69) is 10.6 Å². The first-order valence-corrected chi connectivity index (χ1v) is 6.74. The monoisotopic (exact) mass is 308 g/mol. The molecule has 0 aliphatic heterocycles. The van der Waals surface area contributed by atoms with E-state index < -0.39 is 11.6 Å². The van der Waals surface area contributed by atoms with E-state index in [9.17, 15) is 18.0 Å². The Labute approximate surface area is 126 Å². The second kappa shape index (κ2) is 7.49. The fourth-order valence-electron chi connectivity index (χ4n) is 1.85. The van der Waals surface area contributed by atoms with Crippen LogP contribution in [0.4, 0.5) is 18.9 Å². The van der Waals surface area contributed by atoms with Gasteiger partial charge < -0.3 is 10.6 Å². The largest absolute Gasteiger partial charge is 0.376 e. The van der Waals surface area contributed by atoms with E-state index in [0.717, 1.165) is 17.7 Å². The minimum Gasteiger partial charge on any atom is -0.376 e. The number of hydrogen-bond acceptors (Lipinski definition) is 2. The molecular formula is C16H15F3N2O. The van der Waals surface area contributed by atoms with Crippen LogP contribution in [0, 0.1) is 17.5 Å². The summed E-state index contributed by atoms with van der Waals surface area (Å²) in [6, 6.07) is 9.36. The summed E-state index contributed by atoms with van der Waals surface area (Å²) in [6.07, 6.45) is 0.581. The Kier molecular flexibility index (Phi) is 5.41. The highest BCUT2D eigenvalue weighted by atomic mass is 19.2. The quantitative estimate of drug-likeness (QED) is 0.861. The highest BCUT2D eigenvalue weighted by molar-refractivity contribution is 5.80. The molecule has 0 radical (unpaired) electrons. The number of benzene rings is 2. The van der Waals surface area contributed by atoms with Gasteiger partial charge in [-0.15, -0.1) is 0 Å². The first-order valence-electron chi connectivity index (χ1n) is 6.74. The summed E-state index contributed by atoms with van der Waals surface area (Å²) in [4.78, 5) is 11.6. The van der Waals surface area contributed by atoms with Crippen molar-refractivity contribution in [3.63, 3.8) is 0 Å². The summed E-state index contributed by atoms with van der Waals surface area (Å²) in [6.45, 7) is 0.360. The van der Waals surface area contributed by atoms with Gasteiger partial charge in [0.25, 0.3) is 0 Å². The highest BCUT2D eigenvalue weighted by Crippen LogP contribution is 2.12. The molecule has 0 saturated carbocycles. The number of nitrogens with one attached hydrogen (secondary N) is 2. The van der Waals surface area contributed by atoms with Gasteiger partial charge in [-0.05, 0) is 36.2 Å². The zero-order valence-corrected chi connectivity index (χ0v) is 11.7. The van der Waals surface area contributed by atoms with Crippen LogP contribution < -0.4 is 10.6 Å². The molecule has 2 rings (SSSR count). The van der Waals surface area contributed by atoms with Crippen LogP contribution in [0.25, 0.3) is 0 Å². The minimum absolute atomic E-state index is 0.0471. The Balaban J connectivity index is 1.71. The molecule has 2 aromatic rings. The van der Waals surface area contributed by atoms with Crippen LogP contribution in [-0.4, -0.2) is 19.0 Å². The number of carbonyl (C=O) groups excluding carboxylic acids is 1. The summed E-state index contributed by atoms with van der Waals surface area (Å²) >= 11 is 0. The van der Waals surface area contributed by atoms with Crippen LogP contribution >= 0.6 is 0 Å². The molecule has 0 aromatic heterocycles. The van der Waals surface area contributed by atoms with Gasteiger partial charge in [0.05, 0.1) is 6.54 Å². The standard InChI is InChI=1S/C16H15F3N2O/c17-12-3-1-11(2-4-12)7-8-20-16(22)10-21-13-5-6-14(18)15(19)9-13/h1-6,9,21H,7-8,10H2,(H,20,22). The van der Waals surface area contributed by atoms with Gasteiger partial charge in [-0.25, -0.2) is 13.2 Å². The topological polar surface area (TPSA) is 41.1 Å². The molecule has 0 aliphatic carbocycles. The number of hydrogen-bond donors (Lipinski definition) is 2. The molecule has 1 amide bonds. The van der Waals surface area contributed by atoms with Gasteiger partial charge in [-0.3, -0.25) is 4.79 Å². The molecule has 2 N–H and O–H groups in total. The third-order valence-corrected chi connectivity index (χ3v) is 3.02. The van der Waals surface area contributed by atoms with E-state index in [1.165, 1.54) is 18.2 Å². The van der Waals surface area contributed by atoms with E-state index in [1.807, 2.05) is 0 Å². The lowest BCUT2D eigenvalue weighted by Gasteiger charge is -2.08. The fourth-order valence-corrected chi connectivity index (χ4v) is 1.85. The first-order chi connectivity index (χ1) is 10.5. The average Bonchev–Trinajstić information content (AvgIpc) is 2.50. The van der Waals surface area contributed by atoms with Crippen LogP contribution in [0.5, 0.6) is 0 Å². The molecule has 0 saturated heterocycles. The fraction of sp³-hybridized carbons (Fsp3) is 0.188. The van der Waals surface area contributed by atoms with Crippen molar-refractivity contribution in [1.29, 1.82) is 0 Å². The molecule has 0 spiro atoms. The van der Waals surface area contributed by atoms with Crippen molar-refractivity contribution in [3.05, 3.63) is 65.5 Å². The molecule has 0 unspecified atom stereocenters. The molecule has 0 bridgehead atoms. The van der Waals surface area contributed by atoms with Crippen LogP contribution in [-0.2, 0) is 11.2 Å². The summed E-state index contributed by atoms with van der Waals surface area (Å²) in [7, 11) is 0. The Hall–Kier alpha value is -2.50. The van der Waals surface area contributed by atoms with Crippen LogP contribution in [0.1, 0.15) is 5.56 Å². The zero-order valence-electron chi connectivity index (χ0n) is 11.7. The van der Waals surface area contributed by atoms with Crippen LogP contribution in [0.2, 0.25) is 0 Å². The maximum absolute atomic E-state index is 13.0. The van der Waals surface area contributed by atoms with Crippen molar-refractivity contribution in [2.75, 3.05) is 18.4 Å². The van der Waals surface area contributed by atoms with Gasteiger partial charge in [0, 0.05) is 18.3 Å². The van der Waals surface area contributed by atoms with Crippen molar-refractivity contribution >= 4 is 11.6 Å². The van der Waals surface area contributed by atoms with E-state index in [4.69, 9.17) is 0 Å². The summed E-state index contributed by atoms with van der Waals surface area (Å²) in [5, 5.41) is 5.38. The number of amides is 1. The first kappa shape index (κ1) is 15.9. The number of anilines is 1. The maximum Gasteiger partial charge on any atom is 0.239 e. The molecular weight excluding hydrogens is 293 g/mol. The van der Waals surface area contributed by atoms with Crippen molar-refractivity contribution in [2.45, 2.75) is 6.42 Å². The lowest BCUT2D eigenvalue weighted by molar-refractivity contribution is -0.119. The van der Waals surface area contributed by atoms with E-state index in [0.29, 0.717) is 18.7 Å². The molecule has 2 aromatic carbocycles. The molecule has 22 heavy (non-hydrogen) atoms. The van der Waals surface area contributed by atoms with E-state index in [1.54, 1.807) is 12.1 Å².